The standard InChI is InChI=1S/C31H38N8O3/c1-20(2)17-26-29-34-21(3)37-39(29)16-15-38(31(42)25-11-6-7-13-32-25)14-8-12-28(40)35-27(30(41)36-26)18-22-19-33-24-10-5-4-9-23(22)24/h4-7,9-11,13,19-20,26-27,33H,8,12,14-18H2,1-3H3,(H,35,40)(H,36,41)/t26-,27+/m0/s1. The summed E-state index contributed by atoms with van der Waals surface area (Å²) in [6.07, 6.45) is 5.05. The number of nitrogens with zero attached hydrogens (tertiary/aromatic N) is 5. The van der Waals surface area contributed by atoms with E-state index < -0.39 is 12.1 Å². The molecule has 1 aliphatic rings. The van der Waals surface area contributed by atoms with E-state index in [9.17, 15) is 14.4 Å². The number of benzene rings is 1. The Balaban J connectivity index is 1.47. The first-order valence-corrected chi connectivity index (χ1v) is 14.5. The maximum Gasteiger partial charge on any atom is 0.272 e. The average Bonchev–Trinajstić information content (AvgIpc) is 3.56. The second-order valence-corrected chi connectivity index (χ2v) is 11.2. The lowest BCUT2D eigenvalue weighted by Gasteiger charge is -2.27. The number of aryl methyl sites for hydroxylation is 1. The molecule has 3 amide bonds. The van der Waals surface area contributed by atoms with Crippen LogP contribution in [0.2, 0.25) is 0 Å². The predicted octanol–water partition coefficient (Wildman–Crippen LogP) is 3.33. The van der Waals surface area contributed by atoms with Crippen LogP contribution < -0.4 is 10.6 Å². The van der Waals surface area contributed by atoms with E-state index in [0.717, 1.165) is 16.5 Å². The Morgan fingerprint density at radius 2 is 1.83 bits per heavy atom. The normalized spacial score (nSPS) is 18.8. The molecule has 0 aliphatic carbocycles. The maximum atomic E-state index is 13.8. The Labute approximate surface area is 245 Å². The van der Waals surface area contributed by atoms with Crippen LogP contribution in [0.1, 0.15) is 66.9 Å². The van der Waals surface area contributed by atoms with Gasteiger partial charge in [0.05, 0.1) is 12.6 Å². The third kappa shape index (κ3) is 6.84. The molecule has 0 saturated carbocycles. The number of rotatable bonds is 5. The molecule has 220 valence electrons. The Morgan fingerprint density at radius 1 is 1.02 bits per heavy atom. The van der Waals surface area contributed by atoms with Crippen molar-refractivity contribution in [1.82, 2.24) is 40.3 Å². The molecule has 42 heavy (non-hydrogen) atoms. The molecule has 4 heterocycles. The highest BCUT2D eigenvalue weighted by Crippen LogP contribution is 2.23. The quantitative estimate of drug-likeness (QED) is 0.337. The van der Waals surface area contributed by atoms with Crippen molar-refractivity contribution in [3.8, 4) is 0 Å². The fourth-order valence-electron chi connectivity index (χ4n) is 5.47. The van der Waals surface area contributed by atoms with Gasteiger partial charge in [-0.3, -0.25) is 19.4 Å². The second-order valence-electron chi connectivity index (χ2n) is 11.2. The van der Waals surface area contributed by atoms with E-state index in [1.54, 1.807) is 34.0 Å². The third-order valence-corrected chi connectivity index (χ3v) is 7.48. The van der Waals surface area contributed by atoms with Gasteiger partial charge < -0.3 is 20.5 Å². The molecule has 11 nitrogen and oxygen atoms in total. The van der Waals surface area contributed by atoms with Crippen LogP contribution in [0.4, 0.5) is 0 Å². The summed E-state index contributed by atoms with van der Waals surface area (Å²) in [5.74, 6) is 0.763. The third-order valence-electron chi connectivity index (χ3n) is 7.48. The monoisotopic (exact) mass is 570 g/mol. The Kier molecular flexibility index (Phi) is 8.94. The van der Waals surface area contributed by atoms with Crippen molar-refractivity contribution in [2.24, 2.45) is 5.92 Å². The number of nitrogens with one attached hydrogen (secondary N) is 3. The van der Waals surface area contributed by atoms with Crippen LogP contribution in [-0.4, -0.2) is 66.5 Å². The Morgan fingerprint density at radius 3 is 2.62 bits per heavy atom. The number of carbonyl (C=O) groups is 3. The van der Waals surface area contributed by atoms with Crippen LogP contribution in [0.15, 0.2) is 54.9 Å². The first-order valence-electron chi connectivity index (χ1n) is 14.5. The molecule has 0 unspecified atom stereocenters. The zero-order valence-electron chi connectivity index (χ0n) is 24.3. The Bertz CT molecular complexity index is 1540. The van der Waals surface area contributed by atoms with E-state index in [1.165, 1.54) is 0 Å². The molecule has 0 saturated heterocycles. The highest BCUT2D eigenvalue weighted by molar-refractivity contribution is 5.92. The first kappa shape index (κ1) is 29.0. The minimum atomic E-state index is -0.793. The SMILES string of the molecule is Cc1nc2n(n1)CCN(C(=O)c1ccccn1)CCCC(=O)N[C@H](Cc1c[nH]c3ccccc13)C(=O)N[C@H]2CC(C)C. The van der Waals surface area contributed by atoms with Crippen LogP contribution in [0.5, 0.6) is 0 Å². The van der Waals surface area contributed by atoms with Gasteiger partial charge in [-0.05, 0) is 49.4 Å². The zero-order chi connectivity index (χ0) is 29.6. The van der Waals surface area contributed by atoms with Gasteiger partial charge >= 0.3 is 0 Å². The summed E-state index contributed by atoms with van der Waals surface area (Å²) in [6, 6.07) is 11.9. The lowest BCUT2D eigenvalue weighted by molar-refractivity contribution is -0.129. The largest absolute Gasteiger partial charge is 0.361 e. The van der Waals surface area contributed by atoms with E-state index >= 15 is 0 Å². The number of aromatic amines is 1. The highest BCUT2D eigenvalue weighted by atomic mass is 16.2. The van der Waals surface area contributed by atoms with Crippen LogP contribution in [0, 0.1) is 12.8 Å². The molecule has 3 N–H and O–H groups in total. The van der Waals surface area contributed by atoms with E-state index in [-0.39, 0.29) is 30.1 Å². The average molecular weight is 571 g/mol. The number of pyridine rings is 1. The zero-order valence-corrected chi connectivity index (χ0v) is 24.3. The molecule has 11 heteroatoms. The van der Waals surface area contributed by atoms with Gasteiger partial charge in [0.1, 0.15) is 23.4 Å². The summed E-state index contributed by atoms with van der Waals surface area (Å²) in [4.78, 5) is 54.3. The van der Waals surface area contributed by atoms with Gasteiger partial charge in [0.25, 0.3) is 5.91 Å². The minimum Gasteiger partial charge on any atom is -0.361 e. The van der Waals surface area contributed by atoms with Crippen molar-refractivity contribution in [2.75, 3.05) is 13.1 Å². The topological polar surface area (TPSA) is 138 Å². The molecule has 3 aromatic heterocycles. The first-order chi connectivity index (χ1) is 20.3. The van der Waals surface area contributed by atoms with Gasteiger partial charge in [0.15, 0.2) is 0 Å². The van der Waals surface area contributed by atoms with Gasteiger partial charge in [-0.15, -0.1) is 0 Å². The van der Waals surface area contributed by atoms with Crippen LogP contribution >= 0.6 is 0 Å². The van der Waals surface area contributed by atoms with E-state index in [4.69, 9.17) is 4.98 Å². The molecule has 2 atom stereocenters. The molecular formula is C31H38N8O3. The van der Waals surface area contributed by atoms with Gasteiger partial charge in [-0.1, -0.05) is 38.1 Å². The molecule has 5 rings (SSSR count). The fraction of sp³-hybridized carbons (Fsp3) is 0.419. The van der Waals surface area contributed by atoms with Gasteiger partial charge in [0.2, 0.25) is 11.8 Å². The van der Waals surface area contributed by atoms with Crippen LogP contribution in [0.3, 0.4) is 0 Å². The summed E-state index contributed by atoms with van der Waals surface area (Å²) in [5, 5.41) is 11.8. The number of amides is 3. The smallest absolute Gasteiger partial charge is 0.272 e. The fourth-order valence-corrected chi connectivity index (χ4v) is 5.47. The number of hydrogen-bond donors (Lipinski definition) is 3. The number of fused-ring (bicyclic) bond motifs is 2. The summed E-state index contributed by atoms with van der Waals surface area (Å²) in [5.41, 5.74) is 2.26. The van der Waals surface area contributed by atoms with E-state index in [2.05, 4.69) is 39.5 Å². The summed E-state index contributed by atoms with van der Waals surface area (Å²) in [7, 11) is 0. The number of H-pyrrole nitrogens is 1. The summed E-state index contributed by atoms with van der Waals surface area (Å²) >= 11 is 0. The molecular weight excluding hydrogens is 532 g/mol. The molecule has 0 spiro atoms. The molecule has 1 aliphatic heterocycles. The lowest BCUT2D eigenvalue weighted by atomic mass is 10.0. The molecule has 4 aromatic rings. The number of hydrogen-bond acceptors (Lipinski definition) is 6. The van der Waals surface area contributed by atoms with Crippen molar-refractivity contribution in [2.45, 2.75) is 65.1 Å². The molecule has 0 radical (unpaired) electrons. The number of aromatic nitrogens is 5. The summed E-state index contributed by atoms with van der Waals surface area (Å²) < 4.78 is 1.79. The summed E-state index contributed by atoms with van der Waals surface area (Å²) in [6.45, 7) is 7.11. The number of carbonyl (C=O) groups excluding carboxylic acids is 3. The van der Waals surface area contributed by atoms with Crippen LogP contribution in [-0.2, 0) is 22.6 Å². The molecule has 0 bridgehead atoms. The van der Waals surface area contributed by atoms with Crippen molar-refractivity contribution >= 4 is 28.6 Å². The van der Waals surface area contributed by atoms with E-state index in [1.807, 2.05) is 37.4 Å². The minimum absolute atomic E-state index is 0.173. The van der Waals surface area contributed by atoms with Crippen molar-refractivity contribution < 1.29 is 14.4 Å². The molecule has 0 fully saturated rings. The van der Waals surface area contributed by atoms with E-state index in [0.29, 0.717) is 56.2 Å². The van der Waals surface area contributed by atoms with Gasteiger partial charge in [0, 0.05) is 49.2 Å². The van der Waals surface area contributed by atoms with Gasteiger partial charge in [-0.2, -0.15) is 5.10 Å². The van der Waals surface area contributed by atoms with Crippen LogP contribution in [0.25, 0.3) is 10.9 Å². The lowest BCUT2D eigenvalue weighted by Crippen LogP contribution is -2.49. The van der Waals surface area contributed by atoms with Crippen molar-refractivity contribution in [3.63, 3.8) is 0 Å². The maximum absolute atomic E-state index is 13.8. The second kappa shape index (κ2) is 13.0. The van der Waals surface area contributed by atoms with Crippen molar-refractivity contribution in [1.29, 1.82) is 0 Å². The van der Waals surface area contributed by atoms with Gasteiger partial charge in [-0.25, -0.2) is 9.67 Å². The van der Waals surface area contributed by atoms with Crippen molar-refractivity contribution in [3.05, 3.63) is 77.8 Å². The predicted molar refractivity (Wildman–Crippen MR) is 158 cm³/mol. The number of para-hydroxylation sites is 1. The highest BCUT2D eigenvalue weighted by Gasteiger charge is 2.29. The molecule has 1 aromatic carbocycles. The Hall–Kier alpha value is -4.54.